The monoisotopic (exact) mass is 477 g/mol. The number of halogens is 5. The molecule has 3 nitrogen and oxygen atoms in total. The number of nitrogens with one attached hydrogen (secondary N) is 1. The second-order valence-corrected chi connectivity index (χ2v) is 7.79. The van der Waals surface area contributed by atoms with Crippen LogP contribution < -0.4 is 10.2 Å². The topological polar surface area (TPSA) is 18.5 Å². The molecule has 1 saturated heterocycles. The van der Waals surface area contributed by atoms with Crippen molar-refractivity contribution < 1.29 is 13.2 Å². The van der Waals surface area contributed by atoms with Gasteiger partial charge in [0, 0.05) is 36.3 Å². The highest BCUT2D eigenvalue weighted by molar-refractivity contribution is 9.10. The van der Waals surface area contributed by atoms with Gasteiger partial charge in [-0.3, -0.25) is 0 Å². The second-order valence-electron chi connectivity index (χ2n) is 6.08. The quantitative estimate of drug-likeness (QED) is 0.563. The minimum absolute atomic E-state index is 0.544. The fourth-order valence-electron chi connectivity index (χ4n) is 2.83. The summed E-state index contributed by atoms with van der Waals surface area (Å²) in [5.41, 5.74) is 0.647. The molecule has 0 aromatic heterocycles. The molecule has 0 unspecified atom stereocenters. The maximum Gasteiger partial charge on any atom is 0.416 e. The standard InChI is InChI=1S/C18H16BrClF3N3S/c19-13-4-5-16(15(20)11-13)24-17(27)26-8-6-25(7-9-26)14-3-1-2-12(10-14)18(21,22)23/h1-5,10-11H,6-9H2,(H,24,27). The lowest BCUT2D eigenvalue weighted by molar-refractivity contribution is -0.137. The van der Waals surface area contributed by atoms with Gasteiger partial charge >= 0.3 is 6.18 Å². The maximum atomic E-state index is 12.9. The molecule has 1 N–H and O–H groups in total. The molecule has 144 valence electrons. The number of benzene rings is 2. The molecular formula is C18H16BrClF3N3S. The summed E-state index contributed by atoms with van der Waals surface area (Å²) < 4.78 is 39.6. The smallest absolute Gasteiger partial charge is 0.368 e. The largest absolute Gasteiger partial charge is 0.416 e. The third kappa shape index (κ3) is 5.06. The molecule has 2 aromatic carbocycles. The van der Waals surface area contributed by atoms with Crippen LogP contribution in [0.1, 0.15) is 5.56 Å². The van der Waals surface area contributed by atoms with Crippen LogP contribution in [0.3, 0.4) is 0 Å². The van der Waals surface area contributed by atoms with Gasteiger partial charge in [0.25, 0.3) is 0 Å². The fourth-order valence-corrected chi connectivity index (χ4v) is 3.84. The number of rotatable bonds is 2. The third-order valence-electron chi connectivity index (χ3n) is 4.28. The van der Waals surface area contributed by atoms with Crippen LogP contribution in [-0.2, 0) is 6.18 Å². The van der Waals surface area contributed by atoms with E-state index in [-0.39, 0.29) is 0 Å². The van der Waals surface area contributed by atoms with Crippen LogP contribution in [0.4, 0.5) is 24.5 Å². The van der Waals surface area contributed by atoms with Crippen molar-refractivity contribution in [2.24, 2.45) is 0 Å². The summed E-state index contributed by atoms with van der Waals surface area (Å²) in [6.07, 6.45) is -4.34. The molecule has 1 aliphatic heterocycles. The van der Waals surface area contributed by atoms with E-state index in [0.717, 1.165) is 10.5 Å². The molecule has 1 fully saturated rings. The molecule has 0 aliphatic carbocycles. The van der Waals surface area contributed by atoms with Gasteiger partial charge in [-0.25, -0.2) is 0 Å². The Morgan fingerprint density at radius 2 is 1.78 bits per heavy atom. The normalized spacial score (nSPS) is 15.0. The Morgan fingerprint density at radius 1 is 1.07 bits per heavy atom. The van der Waals surface area contributed by atoms with Crippen molar-refractivity contribution in [1.29, 1.82) is 0 Å². The molecule has 0 atom stereocenters. The summed E-state index contributed by atoms with van der Waals surface area (Å²) in [5.74, 6) is 0. The fraction of sp³-hybridized carbons (Fsp3) is 0.278. The Balaban J connectivity index is 1.61. The molecule has 27 heavy (non-hydrogen) atoms. The third-order valence-corrected chi connectivity index (χ3v) is 5.44. The lowest BCUT2D eigenvalue weighted by atomic mass is 10.1. The summed E-state index contributed by atoms with van der Waals surface area (Å²) in [6, 6.07) is 10.9. The first-order valence-corrected chi connectivity index (χ1v) is 9.75. The van der Waals surface area contributed by atoms with Gasteiger partial charge < -0.3 is 15.1 Å². The van der Waals surface area contributed by atoms with Crippen molar-refractivity contribution in [3.8, 4) is 0 Å². The predicted octanol–water partition coefficient (Wildman–Crippen LogP) is 5.64. The zero-order valence-electron chi connectivity index (χ0n) is 14.1. The lowest BCUT2D eigenvalue weighted by Crippen LogP contribution is -2.50. The van der Waals surface area contributed by atoms with Crippen LogP contribution in [-0.4, -0.2) is 36.2 Å². The summed E-state index contributed by atoms with van der Waals surface area (Å²) in [6.45, 7) is 2.38. The Bertz CT molecular complexity index is 839. The van der Waals surface area contributed by atoms with Gasteiger partial charge in [-0.05, 0) is 48.6 Å². The van der Waals surface area contributed by atoms with Gasteiger partial charge in [0.1, 0.15) is 0 Å². The lowest BCUT2D eigenvalue weighted by Gasteiger charge is -2.37. The number of piperazine rings is 1. The Labute approximate surface area is 174 Å². The predicted molar refractivity (Wildman–Crippen MR) is 111 cm³/mol. The number of thiocarbonyl (C=S) groups is 1. The van der Waals surface area contributed by atoms with Gasteiger partial charge in [-0.2, -0.15) is 13.2 Å². The van der Waals surface area contributed by atoms with E-state index in [1.807, 2.05) is 21.9 Å². The number of nitrogens with zero attached hydrogens (tertiary/aromatic N) is 2. The Kier molecular flexibility index (Phi) is 6.18. The van der Waals surface area contributed by atoms with Crippen LogP contribution in [0.5, 0.6) is 0 Å². The molecule has 1 aliphatic rings. The highest BCUT2D eigenvalue weighted by Crippen LogP contribution is 2.32. The molecule has 0 saturated carbocycles. The van der Waals surface area contributed by atoms with E-state index in [2.05, 4.69) is 21.2 Å². The van der Waals surface area contributed by atoms with E-state index >= 15 is 0 Å². The molecular weight excluding hydrogens is 463 g/mol. The Morgan fingerprint density at radius 3 is 2.41 bits per heavy atom. The van der Waals surface area contributed by atoms with Crippen molar-refractivity contribution in [3.05, 3.63) is 57.5 Å². The summed E-state index contributed by atoms with van der Waals surface area (Å²) in [7, 11) is 0. The van der Waals surface area contributed by atoms with E-state index in [1.54, 1.807) is 12.1 Å². The van der Waals surface area contributed by atoms with Gasteiger partial charge in [0.15, 0.2) is 5.11 Å². The second kappa shape index (κ2) is 8.24. The number of hydrogen-bond donors (Lipinski definition) is 1. The van der Waals surface area contributed by atoms with Crippen molar-refractivity contribution in [1.82, 2.24) is 4.90 Å². The molecule has 0 bridgehead atoms. The zero-order valence-corrected chi connectivity index (χ0v) is 17.2. The first-order valence-electron chi connectivity index (χ1n) is 8.17. The summed E-state index contributed by atoms with van der Waals surface area (Å²) in [4.78, 5) is 3.92. The first-order chi connectivity index (χ1) is 12.7. The van der Waals surface area contributed by atoms with Gasteiger partial charge in [0.2, 0.25) is 0 Å². The van der Waals surface area contributed by atoms with Crippen LogP contribution >= 0.6 is 39.7 Å². The zero-order chi connectivity index (χ0) is 19.6. The van der Waals surface area contributed by atoms with Crippen molar-refractivity contribution in [2.45, 2.75) is 6.18 Å². The van der Waals surface area contributed by atoms with Gasteiger partial charge in [0.05, 0.1) is 16.3 Å². The summed E-state index contributed by atoms with van der Waals surface area (Å²) >= 11 is 15.0. The molecule has 0 spiro atoms. The van der Waals surface area contributed by atoms with Crippen molar-refractivity contribution in [2.75, 3.05) is 36.4 Å². The SMILES string of the molecule is FC(F)(F)c1cccc(N2CCN(C(=S)Nc3ccc(Br)cc3Cl)CC2)c1. The number of alkyl halides is 3. The highest BCUT2D eigenvalue weighted by Gasteiger charge is 2.31. The molecule has 3 rings (SSSR count). The van der Waals surface area contributed by atoms with Crippen LogP contribution in [0.25, 0.3) is 0 Å². The number of anilines is 2. The van der Waals surface area contributed by atoms with Gasteiger partial charge in [-0.15, -0.1) is 0 Å². The molecule has 0 radical (unpaired) electrons. The highest BCUT2D eigenvalue weighted by atomic mass is 79.9. The minimum Gasteiger partial charge on any atom is -0.368 e. The van der Waals surface area contributed by atoms with Gasteiger partial charge in [-0.1, -0.05) is 33.6 Å². The van der Waals surface area contributed by atoms with E-state index in [9.17, 15) is 13.2 Å². The van der Waals surface area contributed by atoms with E-state index in [1.165, 1.54) is 12.1 Å². The Hall–Kier alpha value is -1.51. The molecule has 0 amide bonds. The first kappa shape index (κ1) is 20.2. The van der Waals surface area contributed by atoms with Crippen LogP contribution in [0.2, 0.25) is 5.02 Å². The van der Waals surface area contributed by atoms with E-state index in [0.29, 0.717) is 47.7 Å². The van der Waals surface area contributed by atoms with E-state index in [4.69, 9.17) is 23.8 Å². The summed E-state index contributed by atoms with van der Waals surface area (Å²) in [5, 5.41) is 4.22. The van der Waals surface area contributed by atoms with Crippen LogP contribution in [0.15, 0.2) is 46.9 Å². The average molecular weight is 479 g/mol. The van der Waals surface area contributed by atoms with Crippen molar-refractivity contribution in [3.63, 3.8) is 0 Å². The minimum atomic E-state index is -4.34. The van der Waals surface area contributed by atoms with Crippen molar-refractivity contribution >= 4 is 56.2 Å². The maximum absolute atomic E-state index is 12.9. The average Bonchev–Trinajstić information content (AvgIpc) is 2.63. The number of hydrogen-bond acceptors (Lipinski definition) is 2. The van der Waals surface area contributed by atoms with Crippen LogP contribution in [0, 0.1) is 0 Å². The molecule has 1 heterocycles. The van der Waals surface area contributed by atoms with E-state index < -0.39 is 11.7 Å². The molecule has 2 aromatic rings. The molecule has 9 heteroatoms.